The second kappa shape index (κ2) is 8.21. The molecule has 0 spiro atoms. The van der Waals surface area contributed by atoms with Gasteiger partial charge in [-0.3, -0.25) is 9.52 Å². The lowest BCUT2D eigenvalue weighted by atomic mass is 9.91. The first-order valence-corrected chi connectivity index (χ1v) is 11.3. The molecule has 0 saturated carbocycles. The van der Waals surface area contributed by atoms with Crippen LogP contribution in [0, 0.1) is 0 Å². The third kappa shape index (κ3) is 4.32. The highest BCUT2D eigenvalue weighted by molar-refractivity contribution is 7.92. The van der Waals surface area contributed by atoms with Gasteiger partial charge in [0.2, 0.25) is 0 Å². The van der Waals surface area contributed by atoms with Crippen LogP contribution in [-0.2, 0) is 21.2 Å². The van der Waals surface area contributed by atoms with E-state index in [-0.39, 0.29) is 11.3 Å². The van der Waals surface area contributed by atoms with Crippen LogP contribution in [0.4, 0.5) is 5.69 Å². The summed E-state index contributed by atoms with van der Waals surface area (Å²) in [6.07, 6.45) is 0.208. The average Bonchev–Trinajstić information content (AvgIpc) is 3.20. The monoisotopic (exact) mass is 439 g/mol. The molecule has 30 heavy (non-hydrogen) atoms. The maximum atomic E-state index is 12.5. The molecule has 7 nitrogen and oxygen atoms in total. The number of hydrogen-bond donors (Lipinski definition) is 2. The molecule has 0 amide bonds. The van der Waals surface area contributed by atoms with Crippen LogP contribution in [0.2, 0.25) is 0 Å². The molecular formula is C21H17N3O4S2. The van der Waals surface area contributed by atoms with Crippen LogP contribution in [0.5, 0.6) is 0 Å². The lowest BCUT2D eigenvalue weighted by molar-refractivity contribution is -0.138. The normalized spacial score (nSPS) is 12.5. The molecular weight excluding hydrogens is 422 g/mol. The Morgan fingerprint density at radius 2 is 1.73 bits per heavy atom. The minimum atomic E-state index is -3.73. The Hall–Kier alpha value is -3.30. The molecule has 4 rings (SSSR count). The topological polar surface area (TPSA) is 109 Å². The Morgan fingerprint density at radius 3 is 2.50 bits per heavy atom. The van der Waals surface area contributed by atoms with Crippen molar-refractivity contribution in [1.29, 1.82) is 0 Å². The van der Waals surface area contributed by atoms with Gasteiger partial charge in [0.25, 0.3) is 10.0 Å². The summed E-state index contributed by atoms with van der Waals surface area (Å²) < 4.78 is 35.9. The molecule has 4 aromatic rings. The summed E-state index contributed by atoms with van der Waals surface area (Å²) >= 11 is 1.08. The van der Waals surface area contributed by atoms with Gasteiger partial charge in [0.15, 0.2) is 0 Å². The smallest absolute Gasteiger partial charge is 0.311 e. The Labute approximate surface area is 177 Å². The number of carbonyl (C=O) groups is 1. The van der Waals surface area contributed by atoms with Gasteiger partial charge < -0.3 is 5.11 Å². The standard InChI is InChI=1S/C21H17N3O4S2/c25-21(26)18(15-9-10-19-20(13-15)23-29-22-19)12-14-5-4-6-16(11-14)24-30(27,28)17-7-2-1-3-8-17/h1-11,13,18,24H,12H2,(H,25,26). The number of rotatable bonds is 7. The third-order valence-electron chi connectivity index (χ3n) is 4.65. The van der Waals surface area contributed by atoms with Gasteiger partial charge in [-0.2, -0.15) is 8.75 Å². The Morgan fingerprint density at radius 1 is 0.967 bits per heavy atom. The second-order valence-electron chi connectivity index (χ2n) is 6.73. The predicted molar refractivity (Wildman–Crippen MR) is 115 cm³/mol. The van der Waals surface area contributed by atoms with Gasteiger partial charge in [-0.1, -0.05) is 36.4 Å². The molecule has 0 aliphatic rings. The van der Waals surface area contributed by atoms with Crippen molar-refractivity contribution in [3.63, 3.8) is 0 Å². The lowest BCUT2D eigenvalue weighted by Gasteiger charge is -2.14. The molecule has 0 saturated heterocycles. The number of nitrogens with zero attached hydrogens (tertiary/aromatic N) is 2. The van der Waals surface area contributed by atoms with Gasteiger partial charge >= 0.3 is 5.97 Å². The first kappa shape index (κ1) is 20.0. The van der Waals surface area contributed by atoms with E-state index in [9.17, 15) is 18.3 Å². The number of carboxylic acids is 1. The number of carboxylic acid groups (broad SMARTS) is 1. The number of benzene rings is 3. The van der Waals surface area contributed by atoms with Crippen molar-refractivity contribution in [2.75, 3.05) is 4.72 Å². The minimum absolute atomic E-state index is 0.156. The van der Waals surface area contributed by atoms with E-state index < -0.39 is 21.9 Å². The zero-order chi connectivity index (χ0) is 21.1. The van der Waals surface area contributed by atoms with Gasteiger partial charge in [0, 0.05) is 5.69 Å². The largest absolute Gasteiger partial charge is 0.481 e. The maximum Gasteiger partial charge on any atom is 0.311 e. The minimum Gasteiger partial charge on any atom is -0.481 e. The highest BCUT2D eigenvalue weighted by atomic mass is 32.2. The van der Waals surface area contributed by atoms with E-state index in [0.717, 1.165) is 17.2 Å². The average molecular weight is 440 g/mol. The molecule has 1 heterocycles. The number of sulfonamides is 1. The zero-order valence-corrected chi connectivity index (χ0v) is 17.2. The fourth-order valence-electron chi connectivity index (χ4n) is 3.17. The molecule has 0 aliphatic carbocycles. The molecule has 2 N–H and O–H groups in total. The predicted octanol–water partition coefficient (Wildman–Crippen LogP) is 3.90. The van der Waals surface area contributed by atoms with Gasteiger partial charge in [-0.25, -0.2) is 8.42 Å². The summed E-state index contributed by atoms with van der Waals surface area (Å²) in [4.78, 5) is 12.1. The van der Waals surface area contributed by atoms with Gasteiger partial charge in [-0.05, 0) is 53.9 Å². The quantitative estimate of drug-likeness (QED) is 0.452. The Balaban J connectivity index is 1.58. The van der Waals surface area contributed by atoms with Gasteiger partial charge in [0.05, 0.1) is 22.5 Å². The van der Waals surface area contributed by atoms with Crippen molar-refractivity contribution >= 4 is 44.4 Å². The Kier molecular flexibility index (Phi) is 5.47. The second-order valence-corrected chi connectivity index (χ2v) is 8.94. The van der Waals surface area contributed by atoms with E-state index in [1.165, 1.54) is 12.1 Å². The summed E-state index contributed by atoms with van der Waals surface area (Å²) in [5, 5.41) is 9.77. The lowest BCUT2D eigenvalue weighted by Crippen LogP contribution is -2.15. The summed E-state index contributed by atoms with van der Waals surface area (Å²) in [7, 11) is -3.73. The summed E-state index contributed by atoms with van der Waals surface area (Å²) in [6, 6.07) is 20.1. The fraction of sp³-hybridized carbons (Fsp3) is 0.0952. The van der Waals surface area contributed by atoms with Gasteiger partial charge in [0.1, 0.15) is 11.0 Å². The van der Waals surface area contributed by atoms with Crippen molar-refractivity contribution in [3.8, 4) is 0 Å². The number of hydrogen-bond acceptors (Lipinski definition) is 6. The SMILES string of the molecule is O=C(O)C(Cc1cccc(NS(=O)(=O)c2ccccc2)c1)c1ccc2nsnc2c1. The van der Waals surface area contributed by atoms with Crippen LogP contribution >= 0.6 is 11.7 Å². The van der Waals surface area contributed by atoms with Crippen LogP contribution in [0.1, 0.15) is 17.0 Å². The van der Waals surface area contributed by atoms with Gasteiger partial charge in [-0.15, -0.1) is 0 Å². The van der Waals surface area contributed by atoms with E-state index in [2.05, 4.69) is 13.5 Å². The Bertz CT molecular complexity index is 1300. The van der Waals surface area contributed by atoms with E-state index >= 15 is 0 Å². The van der Waals surface area contributed by atoms with Crippen LogP contribution in [-0.4, -0.2) is 28.2 Å². The van der Waals surface area contributed by atoms with Crippen molar-refractivity contribution < 1.29 is 18.3 Å². The van der Waals surface area contributed by atoms with E-state index in [1.807, 2.05) is 0 Å². The van der Waals surface area contributed by atoms with Crippen LogP contribution in [0.25, 0.3) is 11.0 Å². The summed E-state index contributed by atoms with van der Waals surface area (Å²) in [5.74, 6) is -1.76. The fourth-order valence-corrected chi connectivity index (χ4v) is 4.76. The van der Waals surface area contributed by atoms with Crippen molar-refractivity contribution in [2.24, 2.45) is 0 Å². The van der Waals surface area contributed by atoms with E-state index in [1.54, 1.807) is 60.7 Å². The molecule has 3 aromatic carbocycles. The number of nitrogens with one attached hydrogen (secondary N) is 1. The van der Waals surface area contributed by atoms with Crippen molar-refractivity contribution in [2.45, 2.75) is 17.2 Å². The summed E-state index contributed by atoms with van der Waals surface area (Å²) in [5.41, 5.74) is 3.09. The zero-order valence-electron chi connectivity index (χ0n) is 15.6. The number of fused-ring (bicyclic) bond motifs is 1. The molecule has 9 heteroatoms. The molecule has 0 bridgehead atoms. The highest BCUT2D eigenvalue weighted by Crippen LogP contribution is 2.26. The molecule has 1 atom stereocenters. The van der Waals surface area contributed by atoms with Crippen molar-refractivity contribution in [3.05, 3.63) is 83.9 Å². The maximum absolute atomic E-state index is 12.5. The highest BCUT2D eigenvalue weighted by Gasteiger charge is 2.22. The van der Waals surface area contributed by atoms with Crippen LogP contribution in [0.3, 0.4) is 0 Å². The molecule has 0 aliphatic heterocycles. The number of aromatic nitrogens is 2. The van der Waals surface area contributed by atoms with Crippen LogP contribution < -0.4 is 4.72 Å². The number of anilines is 1. The molecule has 1 unspecified atom stereocenters. The number of aliphatic carboxylic acids is 1. The summed E-state index contributed by atoms with van der Waals surface area (Å²) in [6.45, 7) is 0. The van der Waals surface area contributed by atoms with Crippen LogP contribution in [0.15, 0.2) is 77.7 Å². The third-order valence-corrected chi connectivity index (χ3v) is 6.60. The molecule has 0 fully saturated rings. The van der Waals surface area contributed by atoms with E-state index in [4.69, 9.17) is 0 Å². The first-order valence-electron chi connectivity index (χ1n) is 9.04. The van der Waals surface area contributed by atoms with Crippen molar-refractivity contribution in [1.82, 2.24) is 8.75 Å². The molecule has 0 radical (unpaired) electrons. The molecule has 152 valence electrons. The molecule has 1 aromatic heterocycles. The first-order chi connectivity index (χ1) is 14.4. The van der Waals surface area contributed by atoms with E-state index in [0.29, 0.717) is 22.3 Å².